The molecule has 0 aliphatic heterocycles. The first-order chi connectivity index (χ1) is 13.2. The molecule has 0 fully saturated rings. The monoisotopic (exact) mass is 390 g/mol. The number of carbonyl (C=O) groups excluding carboxylic acids is 1. The van der Waals surface area contributed by atoms with Crippen LogP contribution in [0.15, 0.2) is 24.5 Å². The minimum atomic E-state index is -0.580. The molecule has 2 rings (SSSR count). The van der Waals surface area contributed by atoms with E-state index in [2.05, 4.69) is 27.1 Å². The Morgan fingerprint density at radius 2 is 1.75 bits per heavy atom. The van der Waals surface area contributed by atoms with E-state index in [1.807, 2.05) is 40.7 Å². The molecule has 0 atom stereocenters. The van der Waals surface area contributed by atoms with Gasteiger partial charge in [-0.1, -0.05) is 25.7 Å². The number of aromatic nitrogens is 2. The zero-order valence-corrected chi connectivity index (χ0v) is 17.6. The van der Waals surface area contributed by atoms with Gasteiger partial charge in [-0.05, 0) is 51.0 Å². The van der Waals surface area contributed by atoms with Crippen LogP contribution in [-0.2, 0) is 0 Å². The molecule has 0 radical (unpaired) electrons. The summed E-state index contributed by atoms with van der Waals surface area (Å²) in [6.07, 6.45) is 2.81. The van der Waals surface area contributed by atoms with Gasteiger partial charge >= 0.3 is 0 Å². The smallest absolute Gasteiger partial charge is 0.275 e. The molecule has 0 spiro atoms. The van der Waals surface area contributed by atoms with Crippen LogP contribution in [0.25, 0.3) is 0 Å². The van der Waals surface area contributed by atoms with E-state index in [9.17, 15) is 9.90 Å². The maximum Gasteiger partial charge on any atom is 0.275 e. The van der Waals surface area contributed by atoms with E-state index in [4.69, 9.17) is 10.8 Å². The van der Waals surface area contributed by atoms with Crippen molar-refractivity contribution in [3.8, 4) is 17.6 Å². The fourth-order valence-corrected chi connectivity index (χ4v) is 1.97. The number of hydrogen-bond acceptors (Lipinski definition) is 6. The number of pyridine rings is 2. The quantitative estimate of drug-likeness (QED) is 0.584. The van der Waals surface area contributed by atoms with Crippen molar-refractivity contribution < 1.29 is 17.9 Å². The van der Waals surface area contributed by atoms with Gasteiger partial charge in [0.05, 0.1) is 11.7 Å². The molecule has 1 amide bonds. The first-order valence-electron chi connectivity index (χ1n) is 8.86. The molecule has 7 nitrogen and oxygen atoms in total. The standard InChI is InChI=1S/C18H20N4O2.C2H6.CH4O.2H2/c1-11-8-14(23)10-20-15(11)17(24)22-16-12(2)7-13(9-21-16)5-6-18(3,4)19;2*1-2;;/h7-10,23H,19H2,1-4H3,(H,21,22,24);1-2H3;2H,1H3;2*1H. The zero-order chi connectivity index (χ0) is 21.9. The van der Waals surface area contributed by atoms with Crippen LogP contribution in [0.2, 0.25) is 0 Å². The Labute approximate surface area is 170 Å². The summed E-state index contributed by atoms with van der Waals surface area (Å²) in [7, 11) is 1.00. The predicted octanol–water partition coefficient (Wildman–Crippen LogP) is 3.27. The minimum absolute atomic E-state index is 0. The van der Waals surface area contributed by atoms with Crippen LogP contribution < -0.4 is 11.1 Å². The number of amides is 1. The SMILES string of the molecule is CC.CO.Cc1cc(C#CC(C)(C)N)cnc1NC(=O)c1ncc(O)cc1C.[HH].[HH]. The number of rotatable bonds is 2. The second kappa shape index (κ2) is 11.7. The number of aromatic hydroxyl groups is 1. The Morgan fingerprint density at radius 1 is 1.14 bits per heavy atom. The van der Waals surface area contributed by atoms with Gasteiger partial charge in [0, 0.05) is 21.7 Å². The molecule has 0 bridgehead atoms. The van der Waals surface area contributed by atoms with E-state index in [0.717, 1.165) is 18.2 Å². The van der Waals surface area contributed by atoms with Gasteiger partial charge in [-0.3, -0.25) is 4.79 Å². The highest BCUT2D eigenvalue weighted by Gasteiger charge is 2.13. The number of hydrogen-bond donors (Lipinski definition) is 4. The van der Waals surface area contributed by atoms with Crippen LogP contribution in [-0.4, -0.2) is 38.7 Å². The molecular weight excluding hydrogens is 356 g/mol. The van der Waals surface area contributed by atoms with E-state index in [1.54, 1.807) is 13.1 Å². The van der Waals surface area contributed by atoms with Crippen molar-refractivity contribution in [2.75, 3.05) is 12.4 Å². The normalized spacial score (nSPS) is 9.61. The fourth-order valence-electron chi connectivity index (χ4n) is 1.97. The molecule has 2 heterocycles. The van der Waals surface area contributed by atoms with Gasteiger partial charge in [0.25, 0.3) is 5.91 Å². The summed E-state index contributed by atoms with van der Waals surface area (Å²) in [6.45, 7) is 11.2. The maximum atomic E-state index is 12.3. The van der Waals surface area contributed by atoms with Crippen LogP contribution in [0.4, 0.5) is 5.82 Å². The molecular formula is C21H34N4O3. The number of aryl methyl sites for hydroxylation is 2. The molecule has 0 unspecified atom stereocenters. The van der Waals surface area contributed by atoms with Gasteiger partial charge in [0.2, 0.25) is 0 Å². The van der Waals surface area contributed by atoms with Crippen molar-refractivity contribution in [3.63, 3.8) is 0 Å². The molecule has 7 heteroatoms. The number of anilines is 1. The lowest BCUT2D eigenvalue weighted by Gasteiger charge is -2.10. The molecule has 0 aliphatic rings. The molecule has 0 saturated carbocycles. The molecule has 0 aliphatic carbocycles. The number of nitrogens with one attached hydrogen (secondary N) is 1. The van der Waals surface area contributed by atoms with Crippen molar-refractivity contribution in [1.29, 1.82) is 0 Å². The summed E-state index contributed by atoms with van der Waals surface area (Å²) in [5, 5.41) is 19.1. The van der Waals surface area contributed by atoms with Crippen LogP contribution in [0, 0.1) is 25.7 Å². The Morgan fingerprint density at radius 3 is 2.25 bits per heavy atom. The second-order valence-electron chi connectivity index (χ2n) is 6.17. The summed E-state index contributed by atoms with van der Waals surface area (Å²) in [5.74, 6) is 5.96. The minimum Gasteiger partial charge on any atom is -0.506 e. The molecule has 28 heavy (non-hydrogen) atoms. The summed E-state index contributed by atoms with van der Waals surface area (Å²) in [6, 6.07) is 3.31. The summed E-state index contributed by atoms with van der Waals surface area (Å²) in [4.78, 5) is 20.5. The third-order valence-electron chi connectivity index (χ3n) is 3.12. The number of nitrogens with zero attached hydrogens (tertiary/aromatic N) is 2. The molecule has 2 aromatic heterocycles. The summed E-state index contributed by atoms with van der Waals surface area (Å²) < 4.78 is 0. The van der Waals surface area contributed by atoms with Crippen molar-refractivity contribution in [1.82, 2.24) is 9.97 Å². The first-order valence-corrected chi connectivity index (χ1v) is 8.86. The van der Waals surface area contributed by atoms with Gasteiger partial charge < -0.3 is 21.3 Å². The Balaban J connectivity index is -0.00000114. The molecule has 2 aromatic rings. The fraction of sp³-hybridized carbons (Fsp3) is 0.381. The van der Waals surface area contributed by atoms with Crippen molar-refractivity contribution in [2.45, 2.75) is 47.1 Å². The van der Waals surface area contributed by atoms with E-state index in [1.165, 1.54) is 12.3 Å². The van der Waals surface area contributed by atoms with Gasteiger partial charge in [0.15, 0.2) is 0 Å². The highest BCUT2D eigenvalue weighted by Crippen LogP contribution is 2.16. The van der Waals surface area contributed by atoms with Crippen molar-refractivity contribution in [2.24, 2.45) is 5.73 Å². The first kappa shape index (κ1) is 25.1. The Bertz CT molecular complexity index is 858. The Kier molecular flexibility index (Phi) is 10.5. The number of aliphatic hydroxyl groups is 1. The average molecular weight is 391 g/mol. The topological polar surface area (TPSA) is 121 Å². The largest absolute Gasteiger partial charge is 0.506 e. The molecule has 156 valence electrons. The van der Waals surface area contributed by atoms with Crippen LogP contribution in [0.5, 0.6) is 5.75 Å². The van der Waals surface area contributed by atoms with Crippen LogP contribution in [0.3, 0.4) is 0 Å². The third-order valence-corrected chi connectivity index (χ3v) is 3.12. The van der Waals surface area contributed by atoms with Crippen LogP contribution in [0.1, 0.15) is 57.7 Å². The maximum absolute atomic E-state index is 12.3. The van der Waals surface area contributed by atoms with Crippen molar-refractivity contribution >= 4 is 11.7 Å². The third kappa shape index (κ3) is 8.16. The predicted molar refractivity (Wildman–Crippen MR) is 116 cm³/mol. The summed E-state index contributed by atoms with van der Waals surface area (Å²) >= 11 is 0. The van der Waals surface area contributed by atoms with E-state index in [-0.39, 0.29) is 20.2 Å². The molecule has 5 N–H and O–H groups in total. The van der Waals surface area contributed by atoms with Crippen molar-refractivity contribution in [3.05, 3.63) is 46.9 Å². The Hall–Kier alpha value is -2.95. The molecule has 0 aromatic carbocycles. The van der Waals surface area contributed by atoms with Crippen LogP contribution >= 0.6 is 0 Å². The molecule has 0 saturated heterocycles. The van der Waals surface area contributed by atoms with Gasteiger partial charge in [-0.2, -0.15) is 0 Å². The van der Waals surface area contributed by atoms with Gasteiger partial charge in [0.1, 0.15) is 17.3 Å². The average Bonchev–Trinajstić information content (AvgIpc) is 2.64. The van der Waals surface area contributed by atoms with Gasteiger partial charge in [-0.15, -0.1) is 0 Å². The highest BCUT2D eigenvalue weighted by molar-refractivity contribution is 6.03. The second-order valence-corrected chi connectivity index (χ2v) is 6.17. The lowest BCUT2D eigenvalue weighted by molar-refractivity contribution is 0.102. The van der Waals surface area contributed by atoms with Gasteiger partial charge in [-0.25, -0.2) is 9.97 Å². The van der Waals surface area contributed by atoms with E-state index < -0.39 is 5.54 Å². The zero-order valence-electron chi connectivity index (χ0n) is 17.6. The van der Waals surface area contributed by atoms with E-state index in [0.29, 0.717) is 11.4 Å². The highest BCUT2D eigenvalue weighted by atomic mass is 16.3. The van der Waals surface area contributed by atoms with E-state index >= 15 is 0 Å². The lowest BCUT2D eigenvalue weighted by atomic mass is 10.1. The number of carbonyl (C=O) groups is 1. The number of aliphatic hydroxyl groups excluding tert-OH is 1. The summed E-state index contributed by atoms with van der Waals surface area (Å²) in [5.41, 5.74) is 7.57. The lowest BCUT2D eigenvalue weighted by Crippen LogP contribution is -2.29. The number of nitrogens with two attached hydrogens (primary N) is 1.